The second-order valence-electron chi connectivity index (χ2n) is 17.4. The van der Waals surface area contributed by atoms with E-state index in [0.29, 0.717) is 124 Å². The molecule has 0 aliphatic carbocycles. The smallest absolute Gasteiger partial charge is 0.305 e. The molecule has 434 valence electrons. The first-order valence-electron chi connectivity index (χ1n) is 26.6. The van der Waals surface area contributed by atoms with Gasteiger partial charge in [-0.3, -0.25) is 33.6 Å². The lowest BCUT2D eigenvalue weighted by Gasteiger charge is -2.32. The normalized spacial score (nSPS) is 13.9. The van der Waals surface area contributed by atoms with Crippen LogP contribution in [0.15, 0.2) is 12.3 Å². The summed E-state index contributed by atoms with van der Waals surface area (Å²) in [5, 5.41) is 13.7. The van der Waals surface area contributed by atoms with Gasteiger partial charge in [-0.15, -0.1) is 11.8 Å². The SMILES string of the molecule is C=C1CC(CC)(CC)C(=O)N1CC(=O)NC(CCC(=O)NCCOCCOCCC(=O)NCCOC(=O)CCC)(SC)C(=O)NCCOCCOCCOCCOCCOCCOCCOCCCCCC(=O)NC. The number of ether oxygens (including phenoxy) is 10. The van der Waals surface area contributed by atoms with Gasteiger partial charge in [0.25, 0.3) is 5.91 Å². The Balaban J connectivity index is 2.33. The first kappa shape index (κ1) is 69.0. The maximum absolute atomic E-state index is 13.8. The summed E-state index contributed by atoms with van der Waals surface area (Å²) in [5.74, 6) is -2.07. The second kappa shape index (κ2) is 45.1. The summed E-state index contributed by atoms with van der Waals surface area (Å²) in [5.41, 5.74) is -0.0749. The van der Waals surface area contributed by atoms with Gasteiger partial charge in [0.1, 0.15) is 13.2 Å². The summed E-state index contributed by atoms with van der Waals surface area (Å²) >= 11 is 1.08. The van der Waals surface area contributed by atoms with Gasteiger partial charge in [0.15, 0.2) is 4.87 Å². The molecule has 23 nitrogen and oxygen atoms in total. The monoisotopic (exact) mass is 1090 g/mol. The topological polar surface area (TPSA) is 275 Å². The van der Waals surface area contributed by atoms with Crippen LogP contribution in [0.5, 0.6) is 0 Å². The van der Waals surface area contributed by atoms with E-state index in [1.165, 1.54) is 4.90 Å². The molecule has 6 amide bonds. The van der Waals surface area contributed by atoms with E-state index in [9.17, 15) is 33.6 Å². The molecule has 1 rings (SSSR count). The molecule has 0 aromatic rings. The van der Waals surface area contributed by atoms with Crippen molar-refractivity contribution in [2.24, 2.45) is 5.41 Å². The molecule has 0 saturated carbocycles. The van der Waals surface area contributed by atoms with Crippen LogP contribution in [0.4, 0.5) is 0 Å². The highest BCUT2D eigenvalue weighted by Crippen LogP contribution is 2.43. The van der Waals surface area contributed by atoms with Crippen LogP contribution in [0.1, 0.15) is 97.8 Å². The quantitative estimate of drug-likeness (QED) is 0.0331. The van der Waals surface area contributed by atoms with E-state index in [1.54, 1.807) is 13.3 Å². The Morgan fingerprint density at radius 1 is 0.560 bits per heavy atom. The van der Waals surface area contributed by atoms with Crippen molar-refractivity contribution < 1.29 is 80.9 Å². The Kier molecular flexibility index (Phi) is 41.5. The van der Waals surface area contributed by atoms with Crippen molar-refractivity contribution in [2.45, 2.75) is 103 Å². The molecule has 1 saturated heterocycles. The number of carbonyl (C=O) groups is 7. The number of allylic oxidation sites excluding steroid dienone is 1. The summed E-state index contributed by atoms with van der Waals surface area (Å²) in [7, 11) is 1.64. The third-order valence-corrected chi connectivity index (χ3v) is 13.0. The molecular weight excluding hydrogens is 1000 g/mol. The van der Waals surface area contributed by atoms with E-state index in [1.807, 2.05) is 20.8 Å². The Labute approximate surface area is 449 Å². The predicted octanol–water partition coefficient (Wildman–Crippen LogP) is 2.03. The third kappa shape index (κ3) is 33.0. The van der Waals surface area contributed by atoms with Gasteiger partial charge in [0, 0.05) is 64.5 Å². The van der Waals surface area contributed by atoms with Crippen LogP contribution < -0.4 is 26.6 Å². The van der Waals surface area contributed by atoms with E-state index in [-0.39, 0.29) is 121 Å². The average molecular weight is 1090 g/mol. The maximum Gasteiger partial charge on any atom is 0.305 e. The van der Waals surface area contributed by atoms with Crippen LogP contribution in [0.3, 0.4) is 0 Å². The number of esters is 1. The minimum absolute atomic E-state index is 0.0521. The van der Waals surface area contributed by atoms with E-state index < -0.39 is 22.1 Å². The molecule has 1 aliphatic rings. The predicted molar refractivity (Wildman–Crippen MR) is 282 cm³/mol. The van der Waals surface area contributed by atoms with Gasteiger partial charge < -0.3 is 78.9 Å². The number of rotatable bonds is 51. The molecule has 0 aromatic carbocycles. The second-order valence-corrected chi connectivity index (χ2v) is 18.5. The lowest BCUT2D eigenvalue weighted by molar-refractivity contribution is -0.144. The van der Waals surface area contributed by atoms with Gasteiger partial charge in [-0.25, -0.2) is 0 Å². The zero-order valence-electron chi connectivity index (χ0n) is 45.8. The minimum atomic E-state index is -1.55. The zero-order valence-corrected chi connectivity index (χ0v) is 46.6. The van der Waals surface area contributed by atoms with Gasteiger partial charge in [0.05, 0.1) is 124 Å². The summed E-state index contributed by atoms with van der Waals surface area (Å²) in [4.78, 5) is 88.2. The fourth-order valence-electron chi connectivity index (χ4n) is 7.30. The fourth-order valence-corrected chi connectivity index (χ4v) is 8.08. The van der Waals surface area contributed by atoms with Gasteiger partial charge in [0.2, 0.25) is 29.5 Å². The molecule has 75 heavy (non-hydrogen) atoms. The Morgan fingerprint density at radius 2 is 1.03 bits per heavy atom. The Morgan fingerprint density at radius 3 is 1.51 bits per heavy atom. The van der Waals surface area contributed by atoms with E-state index in [4.69, 9.17) is 47.4 Å². The summed E-state index contributed by atoms with van der Waals surface area (Å²) in [6.45, 7) is 16.8. The zero-order chi connectivity index (χ0) is 55.3. The summed E-state index contributed by atoms with van der Waals surface area (Å²) in [6, 6.07) is 0. The van der Waals surface area contributed by atoms with Crippen molar-refractivity contribution in [3.63, 3.8) is 0 Å². The highest BCUT2D eigenvalue weighted by molar-refractivity contribution is 8.00. The first-order chi connectivity index (χ1) is 36.3. The molecule has 1 atom stereocenters. The molecule has 1 heterocycles. The summed E-state index contributed by atoms with van der Waals surface area (Å²) in [6.07, 6.45) is 7.63. The van der Waals surface area contributed by atoms with Gasteiger partial charge in [-0.2, -0.15) is 0 Å². The molecule has 0 aromatic heterocycles. The average Bonchev–Trinajstić information content (AvgIpc) is 3.64. The number of carbonyl (C=O) groups excluding carboxylic acids is 7. The fraction of sp³-hybridized carbons (Fsp3) is 0.824. The van der Waals surface area contributed by atoms with E-state index in [2.05, 4.69) is 33.2 Å². The third-order valence-electron chi connectivity index (χ3n) is 11.8. The molecular formula is C51H92N6O17S. The Bertz CT molecular complexity index is 1610. The van der Waals surface area contributed by atoms with Gasteiger partial charge >= 0.3 is 5.97 Å². The van der Waals surface area contributed by atoms with Crippen LogP contribution in [0, 0.1) is 5.41 Å². The number of nitrogens with one attached hydrogen (secondary N) is 5. The highest BCUT2D eigenvalue weighted by Gasteiger charge is 2.47. The van der Waals surface area contributed by atoms with Crippen molar-refractivity contribution >= 4 is 53.2 Å². The molecule has 0 spiro atoms. The van der Waals surface area contributed by atoms with Crippen molar-refractivity contribution in [3.05, 3.63) is 12.3 Å². The van der Waals surface area contributed by atoms with Crippen LogP contribution in [0.2, 0.25) is 0 Å². The molecule has 0 radical (unpaired) electrons. The standard InChI is InChI=1S/C51H92N6O17S/c1-7-13-47(62)74-25-20-54-45(60)16-22-66-27-28-67-23-18-53-44(59)15-17-51(75-6,56-46(61)41-57-42(4)40-50(8-2,9-3)49(57)64)48(63)55-19-24-68-29-31-70-33-35-72-37-39-73-38-36-71-34-32-69-30-26-65-21-12-10-11-14-43(58)52-5/h4,7-41H2,1-3,5-6H3,(H,52,58)(H,53,59)(H,54,60)(H,55,63)(H,56,61). The highest BCUT2D eigenvalue weighted by atomic mass is 32.2. The summed E-state index contributed by atoms with van der Waals surface area (Å²) < 4.78 is 54.8. The van der Waals surface area contributed by atoms with Crippen molar-refractivity contribution in [1.82, 2.24) is 31.5 Å². The number of thioether (sulfide) groups is 1. The largest absolute Gasteiger partial charge is 0.464 e. The van der Waals surface area contributed by atoms with Crippen LogP contribution in [-0.2, 0) is 80.9 Å². The lowest BCUT2D eigenvalue weighted by atomic mass is 9.80. The van der Waals surface area contributed by atoms with Crippen LogP contribution in [-0.4, -0.2) is 216 Å². The Hall–Kier alpha value is -3.98. The number of likely N-dealkylation sites (tertiary alicyclic amines) is 1. The van der Waals surface area contributed by atoms with Gasteiger partial charge in [-0.1, -0.05) is 33.8 Å². The lowest BCUT2D eigenvalue weighted by Crippen LogP contribution is -2.58. The number of hydrogen-bond donors (Lipinski definition) is 5. The molecule has 1 unspecified atom stereocenters. The van der Waals surface area contributed by atoms with Crippen molar-refractivity contribution in [2.75, 3.05) is 165 Å². The molecule has 1 aliphatic heterocycles. The molecule has 5 N–H and O–H groups in total. The van der Waals surface area contributed by atoms with E-state index >= 15 is 0 Å². The maximum atomic E-state index is 13.8. The molecule has 1 fully saturated rings. The number of amides is 6. The first-order valence-corrected chi connectivity index (χ1v) is 27.8. The molecule has 24 heteroatoms. The van der Waals surface area contributed by atoms with Gasteiger partial charge in [-0.05, 0) is 44.8 Å². The van der Waals surface area contributed by atoms with Crippen molar-refractivity contribution in [1.29, 1.82) is 0 Å². The number of unbranched alkanes of at least 4 members (excludes halogenated alkanes) is 2. The minimum Gasteiger partial charge on any atom is -0.464 e. The van der Waals surface area contributed by atoms with Crippen LogP contribution in [0.25, 0.3) is 0 Å². The number of hydrogen-bond acceptors (Lipinski definition) is 18. The van der Waals surface area contributed by atoms with Crippen molar-refractivity contribution in [3.8, 4) is 0 Å². The van der Waals surface area contributed by atoms with Crippen LogP contribution >= 0.6 is 11.8 Å². The number of nitrogens with zero attached hydrogens (tertiary/aromatic N) is 1. The van der Waals surface area contributed by atoms with E-state index in [0.717, 1.165) is 31.0 Å². The molecule has 0 bridgehead atoms.